The molecule has 16 heavy (non-hydrogen) atoms. The molecule has 0 aliphatic rings. The normalized spacial score (nSPS) is 10.2. The van der Waals surface area contributed by atoms with Gasteiger partial charge in [0.1, 0.15) is 4.64 Å². The van der Waals surface area contributed by atoms with Gasteiger partial charge in [-0.2, -0.15) is 11.3 Å². The molecule has 0 atom stereocenters. The second-order valence-electron chi connectivity index (χ2n) is 3.24. The third kappa shape index (κ3) is 2.05. The zero-order chi connectivity index (χ0) is 11.5. The molecule has 5 heteroatoms. The van der Waals surface area contributed by atoms with E-state index in [1.54, 1.807) is 28.0 Å². The lowest BCUT2D eigenvalue weighted by molar-refractivity contribution is 0.751. The van der Waals surface area contributed by atoms with Gasteiger partial charge in [-0.05, 0) is 17.5 Å². The quantitative estimate of drug-likeness (QED) is 0.672. The summed E-state index contributed by atoms with van der Waals surface area (Å²) in [6.07, 6.45) is 1.69. The number of aromatic amines is 1. The topological polar surface area (TPSA) is 37.8 Å². The van der Waals surface area contributed by atoms with E-state index < -0.39 is 0 Å². The minimum Gasteiger partial charge on any atom is -0.298 e. The second-order valence-corrected chi connectivity index (χ2v) is 4.46. The monoisotopic (exact) mass is 250 g/mol. The first-order valence-corrected chi connectivity index (χ1v) is 6.05. The summed E-state index contributed by atoms with van der Waals surface area (Å²) in [5.41, 5.74) is 1.63. The average molecular weight is 250 g/mol. The summed E-state index contributed by atoms with van der Waals surface area (Å²) in [6, 6.07) is 3.76. The summed E-state index contributed by atoms with van der Waals surface area (Å²) in [5, 5.41) is 3.96. The first-order chi connectivity index (χ1) is 7.72. The molecule has 0 saturated carbocycles. The van der Waals surface area contributed by atoms with Crippen molar-refractivity contribution >= 4 is 23.6 Å². The molecule has 0 unspecified atom stereocenters. The average Bonchev–Trinajstić information content (AvgIpc) is 2.75. The fourth-order valence-corrected chi connectivity index (χ4v) is 2.33. The standard InChI is InChI=1S/C11H10N2OS2/c1-2-4-13-9(8-3-5-16-7-8)6-10(15)12-11(13)14/h2-3,5-7H,1,4H2,(H,12,14,15). The van der Waals surface area contributed by atoms with E-state index in [0.717, 1.165) is 11.3 Å². The van der Waals surface area contributed by atoms with Crippen LogP contribution >= 0.6 is 23.6 Å². The minimum absolute atomic E-state index is 0.200. The molecule has 0 aliphatic carbocycles. The lowest BCUT2D eigenvalue weighted by Crippen LogP contribution is -2.23. The largest absolute Gasteiger partial charge is 0.327 e. The predicted molar refractivity (Wildman–Crippen MR) is 69.4 cm³/mol. The van der Waals surface area contributed by atoms with Gasteiger partial charge in [0, 0.05) is 17.5 Å². The Labute approximate surface area is 102 Å². The molecule has 2 aromatic rings. The molecular formula is C11H10N2OS2. The molecule has 1 N–H and O–H groups in total. The number of rotatable bonds is 3. The SMILES string of the molecule is C=CCn1c(-c2ccsc2)cc(=S)[nH]c1=O. The lowest BCUT2D eigenvalue weighted by Gasteiger charge is -2.08. The van der Waals surface area contributed by atoms with Gasteiger partial charge in [-0.25, -0.2) is 4.79 Å². The predicted octanol–water partition coefficient (Wildman–Crippen LogP) is 2.82. The number of nitrogens with one attached hydrogen (secondary N) is 1. The van der Waals surface area contributed by atoms with E-state index in [-0.39, 0.29) is 5.69 Å². The minimum atomic E-state index is -0.200. The Hall–Kier alpha value is -1.46. The summed E-state index contributed by atoms with van der Waals surface area (Å²) in [6.45, 7) is 4.11. The Kier molecular flexibility index (Phi) is 3.17. The van der Waals surface area contributed by atoms with E-state index in [2.05, 4.69) is 11.6 Å². The molecule has 0 fully saturated rings. The number of hydrogen-bond acceptors (Lipinski definition) is 3. The lowest BCUT2D eigenvalue weighted by atomic mass is 10.2. The van der Waals surface area contributed by atoms with Crippen molar-refractivity contribution in [2.45, 2.75) is 6.54 Å². The molecule has 0 aromatic carbocycles. The molecule has 0 saturated heterocycles. The van der Waals surface area contributed by atoms with Gasteiger partial charge in [0.15, 0.2) is 0 Å². The van der Waals surface area contributed by atoms with Gasteiger partial charge >= 0.3 is 5.69 Å². The van der Waals surface area contributed by atoms with Crippen molar-refractivity contribution in [1.82, 2.24) is 9.55 Å². The maximum Gasteiger partial charge on any atom is 0.327 e. The first kappa shape index (κ1) is 11.0. The van der Waals surface area contributed by atoms with Crippen LogP contribution in [0.4, 0.5) is 0 Å². The van der Waals surface area contributed by atoms with E-state index in [1.165, 1.54) is 0 Å². The van der Waals surface area contributed by atoms with Gasteiger partial charge in [-0.1, -0.05) is 18.3 Å². The number of allylic oxidation sites excluding steroid dienone is 1. The van der Waals surface area contributed by atoms with Crippen LogP contribution < -0.4 is 5.69 Å². The van der Waals surface area contributed by atoms with Crippen LogP contribution in [0.2, 0.25) is 0 Å². The van der Waals surface area contributed by atoms with E-state index in [9.17, 15) is 4.79 Å². The molecule has 2 rings (SSSR count). The van der Waals surface area contributed by atoms with Crippen LogP contribution in [0.5, 0.6) is 0 Å². The highest BCUT2D eigenvalue weighted by Gasteiger charge is 2.06. The zero-order valence-electron chi connectivity index (χ0n) is 8.47. The molecule has 2 aromatic heterocycles. The zero-order valence-corrected chi connectivity index (χ0v) is 10.1. The van der Waals surface area contributed by atoms with Crippen LogP contribution in [0, 0.1) is 4.64 Å². The van der Waals surface area contributed by atoms with E-state index >= 15 is 0 Å². The first-order valence-electron chi connectivity index (χ1n) is 4.70. The molecule has 0 aliphatic heterocycles. The molecule has 0 bridgehead atoms. The smallest absolute Gasteiger partial charge is 0.298 e. The van der Waals surface area contributed by atoms with Crippen LogP contribution in [0.25, 0.3) is 11.3 Å². The van der Waals surface area contributed by atoms with Crippen molar-refractivity contribution in [2.24, 2.45) is 0 Å². The number of nitrogens with zero attached hydrogens (tertiary/aromatic N) is 1. The number of thiophene rings is 1. The Morgan fingerprint density at radius 3 is 3.06 bits per heavy atom. The third-order valence-corrected chi connectivity index (χ3v) is 3.07. The van der Waals surface area contributed by atoms with Crippen LogP contribution in [0.1, 0.15) is 0 Å². The fourth-order valence-electron chi connectivity index (χ4n) is 1.48. The Balaban J connectivity index is 2.72. The fraction of sp³-hybridized carbons (Fsp3) is 0.0909. The third-order valence-electron chi connectivity index (χ3n) is 2.16. The highest BCUT2D eigenvalue weighted by molar-refractivity contribution is 7.71. The van der Waals surface area contributed by atoms with Crippen molar-refractivity contribution in [3.05, 3.63) is 50.7 Å². The summed E-state index contributed by atoms with van der Waals surface area (Å²) < 4.78 is 2.07. The van der Waals surface area contributed by atoms with E-state index in [0.29, 0.717) is 11.2 Å². The maximum atomic E-state index is 11.7. The summed E-state index contributed by atoms with van der Waals surface area (Å²) in [4.78, 5) is 14.3. The summed E-state index contributed by atoms with van der Waals surface area (Å²) in [5.74, 6) is 0. The molecule has 3 nitrogen and oxygen atoms in total. The van der Waals surface area contributed by atoms with Crippen molar-refractivity contribution in [3.8, 4) is 11.3 Å². The molecule has 0 spiro atoms. The van der Waals surface area contributed by atoms with Crippen LogP contribution in [-0.4, -0.2) is 9.55 Å². The Bertz CT molecular complexity index is 608. The van der Waals surface area contributed by atoms with Crippen molar-refractivity contribution in [3.63, 3.8) is 0 Å². The van der Waals surface area contributed by atoms with E-state index in [4.69, 9.17) is 12.2 Å². The maximum absolute atomic E-state index is 11.7. The van der Waals surface area contributed by atoms with Gasteiger partial charge in [0.25, 0.3) is 0 Å². The van der Waals surface area contributed by atoms with Crippen LogP contribution in [-0.2, 0) is 6.54 Å². The molecule has 82 valence electrons. The Morgan fingerprint density at radius 1 is 1.62 bits per heavy atom. The van der Waals surface area contributed by atoms with Crippen molar-refractivity contribution in [2.75, 3.05) is 0 Å². The van der Waals surface area contributed by atoms with Gasteiger partial charge in [-0.15, -0.1) is 6.58 Å². The second kappa shape index (κ2) is 4.59. The Morgan fingerprint density at radius 2 is 2.44 bits per heavy atom. The number of hydrogen-bond donors (Lipinski definition) is 1. The summed E-state index contributed by atoms with van der Waals surface area (Å²) in [7, 11) is 0. The van der Waals surface area contributed by atoms with Gasteiger partial charge in [0.05, 0.1) is 5.69 Å². The summed E-state index contributed by atoms with van der Waals surface area (Å²) >= 11 is 6.60. The highest BCUT2D eigenvalue weighted by Crippen LogP contribution is 2.20. The van der Waals surface area contributed by atoms with Gasteiger partial charge in [-0.3, -0.25) is 9.55 Å². The molecule has 0 radical (unpaired) electrons. The van der Waals surface area contributed by atoms with E-state index in [1.807, 2.05) is 16.8 Å². The molecular weight excluding hydrogens is 240 g/mol. The van der Waals surface area contributed by atoms with Crippen molar-refractivity contribution in [1.29, 1.82) is 0 Å². The van der Waals surface area contributed by atoms with Crippen molar-refractivity contribution < 1.29 is 0 Å². The van der Waals surface area contributed by atoms with Gasteiger partial charge in [0.2, 0.25) is 0 Å². The van der Waals surface area contributed by atoms with Crippen LogP contribution in [0.15, 0.2) is 40.3 Å². The number of aromatic nitrogens is 2. The highest BCUT2D eigenvalue weighted by atomic mass is 32.1. The molecule has 2 heterocycles. The molecule has 0 amide bonds. The number of H-pyrrole nitrogens is 1. The van der Waals surface area contributed by atoms with Gasteiger partial charge < -0.3 is 0 Å². The van der Waals surface area contributed by atoms with Crippen LogP contribution in [0.3, 0.4) is 0 Å².